The molecule has 1 N–H and O–H groups in total. The predicted molar refractivity (Wildman–Crippen MR) is 71.5 cm³/mol. The topological polar surface area (TPSA) is 49.4 Å². The van der Waals surface area contributed by atoms with Crippen LogP contribution in [0.1, 0.15) is 40.0 Å². The van der Waals surface area contributed by atoms with Crippen LogP contribution in [0, 0.1) is 5.92 Å². The van der Waals surface area contributed by atoms with Crippen LogP contribution in [-0.4, -0.2) is 44.2 Å². The molecule has 0 aromatic carbocycles. The molecule has 102 valence electrons. The Hall–Kier alpha value is -0.130. The van der Waals surface area contributed by atoms with Gasteiger partial charge in [0.05, 0.1) is 5.75 Å². The summed E-state index contributed by atoms with van der Waals surface area (Å²) in [6, 6.07) is 0.425. The monoisotopic (exact) mass is 262 g/mol. The maximum Gasteiger partial charge on any atom is 0.214 e. The Morgan fingerprint density at radius 1 is 1.29 bits per heavy atom. The Morgan fingerprint density at radius 2 is 1.88 bits per heavy atom. The van der Waals surface area contributed by atoms with E-state index in [-0.39, 0.29) is 5.75 Å². The molecule has 0 radical (unpaired) electrons. The summed E-state index contributed by atoms with van der Waals surface area (Å²) in [4.78, 5) is 0. The molecule has 1 rings (SSSR count). The van der Waals surface area contributed by atoms with Crippen molar-refractivity contribution in [2.24, 2.45) is 5.92 Å². The molecule has 1 aliphatic heterocycles. The van der Waals surface area contributed by atoms with Crippen molar-refractivity contribution < 1.29 is 8.42 Å². The number of nitrogens with one attached hydrogen (secondary N) is 1. The summed E-state index contributed by atoms with van der Waals surface area (Å²) in [7, 11) is -3.01. The Bertz CT molecular complexity index is 306. The molecule has 0 unspecified atom stereocenters. The zero-order chi connectivity index (χ0) is 12.9. The van der Waals surface area contributed by atoms with Crippen LogP contribution in [0.15, 0.2) is 0 Å². The van der Waals surface area contributed by atoms with Gasteiger partial charge in [0, 0.05) is 19.1 Å². The second-order valence-corrected chi connectivity index (χ2v) is 7.45. The summed E-state index contributed by atoms with van der Waals surface area (Å²) in [5.41, 5.74) is 0. The second-order valence-electron chi connectivity index (χ2n) is 5.36. The van der Waals surface area contributed by atoms with Crippen LogP contribution in [0.5, 0.6) is 0 Å². The summed E-state index contributed by atoms with van der Waals surface area (Å²) in [6.45, 7) is 8.53. The first-order valence-corrected chi connectivity index (χ1v) is 8.24. The maximum atomic E-state index is 12.0. The zero-order valence-corrected chi connectivity index (χ0v) is 12.1. The van der Waals surface area contributed by atoms with E-state index in [9.17, 15) is 8.42 Å². The highest BCUT2D eigenvalue weighted by atomic mass is 32.2. The number of nitrogens with zero attached hydrogens (tertiary/aromatic N) is 1. The largest absolute Gasteiger partial charge is 0.314 e. The summed E-state index contributed by atoms with van der Waals surface area (Å²) in [6.07, 6.45) is 2.71. The smallest absolute Gasteiger partial charge is 0.214 e. The van der Waals surface area contributed by atoms with Gasteiger partial charge in [-0.2, -0.15) is 0 Å². The van der Waals surface area contributed by atoms with Crippen molar-refractivity contribution in [1.29, 1.82) is 0 Å². The van der Waals surface area contributed by atoms with Crippen molar-refractivity contribution in [2.45, 2.75) is 46.1 Å². The van der Waals surface area contributed by atoms with Crippen molar-refractivity contribution in [3.63, 3.8) is 0 Å². The Kier molecular flexibility index (Phi) is 5.89. The lowest BCUT2D eigenvalue weighted by Crippen LogP contribution is -2.39. The van der Waals surface area contributed by atoms with Gasteiger partial charge in [-0.25, -0.2) is 12.7 Å². The van der Waals surface area contributed by atoms with E-state index in [4.69, 9.17) is 0 Å². The summed E-state index contributed by atoms with van der Waals surface area (Å²) in [5.74, 6) is 0.949. The van der Waals surface area contributed by atoms with Crippen LogP contribution in [0.4, 0.5) is 0 Å². The Balaban J connectivity index is 2.30. The van der Waals surface area contributed by atoms with Gasteiger partial charge in [-0.3, -0.25) is 0 Å². The lowest BCUT2D eigenvalue weighted by molar-refractivity contribution is 0.288. The van der Waals surface area contributed by atoms with Crippen LogP contribution < -0.4 is 5.32 Å². The van der Waals surface area contributed by atoms with Gasteiger partial charge in [-0.15, -0.1) is 0 Å². The molecule has 0 aromatic heterocycles. The van der Waals surface area contributed by atoms with Crippen LogP contribution in [-0.2, 0) is 10.0 Å². The fraction of sp³-hybridized carbons (Fsp3) is 1.00. The fourth-order valence-electron chi connectivity index (χ4n) is 2.04. The maximum absolute atomic E-state index is 12.0. The average Bonchev–Trinajstić information content (AvgIpc) is 2.25. The first-order chi connectivity index (χ1) is 7.92. The minimum absolute atomic E-state index is 0.279. The van der Waals surface area contributed by atoms with E-state index in [1.165, 1.54) is 0 Å². The third kappa shape index (κ3) is 5.36. The summed E-state index contributed by atoms with van der Waals surface area (Å²) in [5, 5.41) is 3.25. The van der Waals surface area contributed by atoms with Crippen molar-refractivity contribution in [3.05, 3.63) is 0 Å². The van der Waals surface area contributed by atoms with Crippen LogP contribution in [0.25, 0.3) is 0 Å². The average molecular weight is 262 g/mol. The van der Waals surface area contributed by atoms with Gasteiger partial charge >= 0.3 is 0 Å². The lowest BCUT2D eigenvalue weighted by Gasteiger charge is -2.29. The van der Waals surface area contributed by atoms with Crippen molar-refractivity contribution in [1.82, 2.24) is 9.62 Å². The fourth-order valence-corrected chi connectivity index (χ4v) is 3.57. The highest BCUT2D eigenvalue weighted by Crippen LogP contribution is 2.19. The Labute approximate surface area is 106 Å². The van der Waals surface area contributed by atoms with Crippen molar-refractivity contribution >= 4 is 10.0 Å². The molecule has 4 nitrogen and oxygen atoms in total. The molecule has 0 aromatic rings. The molecule has 0 spiro atoms. The predicted octanol–water partition coefficient (Wildman–Crippen LogP) is 1.44. The van der Waals surface area contributed by atoms with E-state index in [0.29, 0.717) is 31.5 Å². The third-order valence-corrected chi connectivity index (χ3v) is 5.22. The van der Waals surface area contributed by atoms with Gasteiger partial charge in [-0.1, -0.05) is 20.8 Å². The summed E-state index contributed by atoms with van der Waals surface area (Å²) < 4.78 is 25.7. The minimum atomic E-state index is -3.01. The van der Waals surface area contributed by atoms with E-state index >= 15 is 0 Å². The van der Waals surface area contributed by atoms with E-state index in [0.717, 1.165) is 19.4 Å². The molecular weight excluding hydrogens is 236 g/mol. The molecule has 17 heavy (non-hydrogen) atoms. The second kappa shape index (κ2) is 6.71. The molecular formula is C12H26N2O2S. The lowest BCUT2D eigenvalue weighted by atomic mass is 10.0. The van der Waals surface area contributed by atoms with Crippen LogP contribution >= 0.6 is 0 Å². The van der Waals surface area contributed by atoms with Gasteiger partial charge in [0.15, 0.2) is 0 Å². The van der Waals surface area contributed by atoms with Gasteiger partial charge in [0.25, 0.3) is 0 Å². The number of sulfonamides is 1. The van der Waals surface area contributed by atoms with Crippen LogP contribution in [0.3, 0.4) is 0 Å². The highest BCUT2D eigenvalue weighted by molar-refractivity contribution is 7.89. The minimum Gasteiger partial charge on any atom is -0.314 e. The van der Waals surface area contributed by atoms with Gasteiger partial charge in [-0.05, 0) is 31.7 Å². The SMILES string of the molecule is CC1CCN(S(=O)(=O)CCCNC(C)C)CC1. The van der Waals surface area contributed by atoms with Crippen molar-refractivity contribution in [3.8, 4) is 0 Å². The van der Waals surface area contributed by atoms with E-state index < -0.39 is 10.0 Å². The van der Waals surface area contributed by atoms with Gasteiger partial charge in [0.2, 0.25) is 10.0 Å². The molecule has 5 heteroatoms. The number of hydrogen-bond acceptors (Lipinski definition) is 3. The molecule has 1 aliphatic rings. The number of hydrogen-bond donors (Lipinski definition) is 1. The standard InChI is InChI=1S/C12H26N2O2S/c1-11(2)13-7-4-10-17(15,16)14-8-5-12(3)6-9-14/h11-13H,4-10H2,1-3H3. The molecule has 0 aliphatic carbocycles. The number of rotatable bonds is 6. The third-order valence-electron chi connectivity index (χ3n) is 3.27. The molecule has 0 amide bonds. The molecule has 0 bridgehead atoms. The summed E-state index contributed by atoms with van der Waals surface area (Å²) >= 11 is 0. The van der Waals surface area contributed by atoms with Gasteiger partial charge < -0.3 is 5.32 Å². The Morgan fingerprint density at radius 3 is 2.41 bits per heavy atom. The van der Waals surface area contributed by atoms with Crippen molar-refractivity contribution in [2.75, 3.05) is 25.4 Å². The molecule has 1 heterocycles. The van der Waals surface area contributed by atoms with E-state index in [1.807, 2.05) is 0 Å². The van der Waals surface area contributed by atoms with E-state index in [1.54, 1.807) is 4.31 Å². The molecule has 1 fully saturated rings. The highest BCUT2D eigenvalue weighted by Gasteiger charge is 2.25. The first kappa shape index (κ1) is 14.9. The molecule has 0 saturated carbocycles. The van der Waals surface area contributed by atoms with E-state index in [2.05, 4.69) is 26.1 Å². The normalized spacial score (nSPS) is 20.0. The zero-order valence-electron chi connectivity index (χ0n) is 11.3. The quantitative estimate of drug-likeness (QED) is 0.737. The molecule has 0 atom stereocenters. The molecule has 1 saturated heterocycles. The van der Waals surface area contributed by atoms with Crippen LogP contribution in [0.2, 0.25) is 0 Å². The number of piperidine rings is 1. The van der Waals surface area contributed by atoms with Gasteiger partial charge in [0.1, 0.15) is 0 Å². The first-order valence-electron chi connectivity index (χ1n) is 6.63.